The summed E-state index contributed by atoms with van der Waals surface area (Å²) in [6.45, 7) is 6.82. The molecule has 4 aliphatic rings. The molecule has 0 aromatic heterocycles. The number of rotatable bonds is 2. The minimum Gasteiger partial charge on any atom is -0.298 e. The summed E-state index contributed by atoms with van der Waals surface area (Å²) in [6, 6.07) is 10.6. The molecule has 19 heavy (non-hydrogen) atoms. The fourth-order valence-electron chi connectivity index (χ4n) is 5.27. The minimum atomic E-state index is -0.0683. The summed E-state index contributed by atoms with van der Waals surface area (Å²) in [5, 5.41) is 0. The van der Waals surface area contributed by atoms with Gasteiger partial charge in [-0.05, 0) is 42.1 Å². The fraction of sp³-hybridized carbons (Fsp3) is 0.611. The lowest BCUT2D eigenvalue weighted by atomic mass is 9.54. The Morgan fingerprint density at radius 3 is 2.32 bits per heavy atom. The van der Waals surface area contributed by atoms with E-state index < -0.39 is 0 Å². The van der Waals surface area contributed by atoms with Gasteiger partial charge in [0.2, 0.25) is 0 Å². The first kappa shape index (κ1) is 11.7. The van der Waals surface area contributed by atoms with E-state index in [1.807, 2.05) is 0 Å². The van der Waals surface area contributed by atoms with E-state index in [9.17, 15) is 4.79 Å². The van der Waals surface area contributed by atoms with Gasteiger partial charge in [0.15, 0.2) is 0 Å². The van der Waals surface area contributed by atoms with E-state index in [-0.39, 0.29) is 16.2 Å². The third-order valence-electron chi connectivity index (χ3n) is 6.82. The van der Waals surface area contributed by atoms with Crippen molar-refractivity contribution in [3.05, 3.63) is 35.9 Å². The zero-order chi connectivity index (χ0) is 13.5. The van der Waals surface area contributed by atoms with Gasteiger partial charge in [0.05, 0.1) is 0 Å². The quantitative estimate of drug-likeness (QED) is 0.783. The van der Waals surface area contributed by atoms with E-state index in [1.54, 1.807) is 0 Å². The average molecular weight is 254 g/mol. The summed E-state index contributed by atoms with van der Waals surface area (Å²) < 4.78 is 0. The summed E-state index contributed by atoms with van der Waals surface area (Å²) >= 11 is 0. The zero-order valence-corrected chi connectivity index (χ0v) is 12.1. The largest absolute Gasteiger partial charge is 0.298 e. The first-order valence-electron chi connectivity index (χ1n) is 7.51. The van der Waals surface area contributed by atoms with E-state index in [0.717, 1.165) is 12.8 Å². The highest BCUT2D eigenvalue weighted by molar-refractivity contribution is 5.98. The summed E-state index contributed by atoms with van der Waals surface area (Å²) in [5.41, 5.74) is 1.49. The Labute approximate surface area is 115 Å². The van der Waals surface area contributed by atoms with Crippen molar-refractivity contribution in [3.8, 4) is 0 Å². The maximum atomic E-state index is 13.1. The molecule has 0 spiro atoms. The molecule has 0 saturated heterocycles. The highest BCUT2D eigenvalue weighted by Gasteiger charge is 2.82. The number of ketones is 1. The summed E-state index contributed by atoms with van der Waals surface area (Å²) in [5.74, 6) is 1.92. The molecule has 1 heteroatoms. The van der Waals surface area contributed by atoms with Gasteiger partial charge in [-0.3, -0.25) is 4.79 Å². The van der Waals surface area contributed by atoms with E-state index >= 15 is 0 Å². The lowest BCUT2D eigenvalue weighted by Gasteiger charge is -2.48. The number of hydrogen-bond acceptors (Lipinski definition) is 1. The van der Waals surface area contributed by atoms with Gasteiger partial charge in [0.25, 0.3) is 0 Å². The van der Waals surface area contributed by atoms with Crippen molar-refractivity contribution in [2.75, 3.05) is 0 Å². The number of fused-ring (bicyclic) bond motifs is 1. The van der Waals surface area contributed by atoms with Crippen LogP contribution in [0.3, 0.4) is 0 Å². The molecule has 0 heterocycles. The Morgan fingerprint density at radius 2 is 1.68 bits per heavy atom. The van der Waals surface area contributed by atoms with E-state index in [4.69, 9.17) is 0 Å². The maximum Gasteiger partial charge on any atom is 0.146 e. The van der Waals surface area contributed by atoms with E-state index in [1.165, 1.54) is 12.0 Å². The molecular weight excluding hydrogens is 232 g/mol. The molecule has 5 rings (SSSR count). The van der Waals surface area contributed by atoms with Crippen LogP contribution in [0, 0.1) is 28.1 Å². The topological polar surface area (TPSA) is 17.1 Å². The lowest BCUT2D eigenvalue weighted by Crippen LogP contribution is -2.49. The molecule has 4 saturated carbocycles. The van der Waals surface area contributed by atoms with Crippen LogP contribution in [0.25, 0.3) is 0 Å². The molecule has 1 aromatic rings. The Morgan fingerprint density at radius 1 is 1.05 bits per heavy atom. The summed E-state index contributed by atoms with van der Waals surface area (Å²) in [6.07, 6.45) is 3.36. The zero-order valence-electron chi connectivity index (χ0n) is 12.1. The smallest absolute Gasteiger partial charge is 0.146 e. The second kappa shape index (κ2) is 3.13. The minimum absolute atomic E-state index is 0.0195. The van der Waals surface area contributed by atoms with Gasteiger partial charge in [0.1, 0.15) is 5.78 Å². The SMILES string of the molecule is CC1(C)CC2C3CC1(C)C(=O)C23Cc1ccccc1. The van der Waals surface area contributed by atoms with Crippen LogP contribution in [0.5, 0.6) is 0 Å². The lowest BCUT2D eigenvalue weighted by molar-refractivity contribution is -0.144. The fourth-order valence-corrected chi connectivity index (χ4v) is 5.27. The van der Waals surface area contributed by atoms with Gasteiger partial charge >= 0.3 is 0 Å². The van der Waals surface area contributed by atoms with Gasteiger partial charge in [-0.2, -0.15) is 0 Å². The first-order chi connectivity index (χ1) is 8.92. The third kappa shape index (κ3) is 1.16. The van der Waals surface area contributed by atoms with Gasteiger partial charge in [-0.25, -0.2) is 0 Å². The number of Topliss-reactive ketones (excluding diaryl/α,β-unsaturated/α-hetero) is 1. The standard InChI is InChI=1S/C18H22O/c1-16(2)10-13-14-11-17(16,3)15(19)18(13,14)9-12-7-5-4-6-8-12/h4-8,13-14H,9-11H2,1-3H3. The maximum absolute atomic E-state index is 13.1. The second-order valence-electron chi connectivity index (χ2n) is 7.87. The van der Waals surface area contributed by atoms with Crippen LogP contribution in [-0.4, -0.2) is 5.78 Å². The second-order valence-corrected chi connectivity index (χ2v) is 7.87. The number of benzene rings is 1. The summed E-state index contributed by atoms with van der Waals surface area (Å²) in [7, 11) is 0. The molecular formula is C18H22O. The van der Waals surface area contributed by atoms with Crippen LogP contribution < -0.4 is 0 Å². The number of carbonyl (C=O) groups is 1. The molecule has 0 radical (unpaired) electrons. The van der Waals surface area contributed by atoms with Crippen molar-refractivity contribution in [1.82, 2.24) is 0 Å². The van der Waals surface area contributed by atoms with E-state index in [0.29, 0.717) is 17.6 Å². The summed E-state index contributed by atoms with van der Waals surface area (Å²) in [4.78, 5) is 13.1. The molecule has 4 bridgehead atoms. The van der Waals surface area contributed by atoms with Gasteiger partial charge in [-0.1, -0.05) is 51.1 Å². The van der Waals surface area contributed by atoms with Crippen LogP contribution in [0.1, 0.15) is 39.2 Å². The molecule has 1 aromatic carbocycles. The molecule has 0 N–H and O–H groups in total. The van der Waals surface area contributed by atoms with Crippen LogP contribution in [-0.2, 0) is 11.2 Å². The molecule has 1 nitrogen and oxygen atoms in total. The third-order valence-corrected chi connectivity index (χ3v) is 6.82. The van der Waals surface area contributed by atoms with Crippen molar-refractivity contribution in [2.45, 2.75) is 40.0 Å². The first-order valence-corrected chi connectivity index (χ1v) is 7.51. The van der Waals surface area contributed by atoms with Crippen LogP contribution >= 0.6 is 0 Å². The van der Waals surface area contributed by atoms with Gasteiger partial charge < -0.3 is 0 Å². The highest BCUT2D eigenvalue weighted by atomic mass is 16.1. The van der Waals surface area contributed by atoms with Crippen molar-refractivity contribution < 1.29 is 4.79 Å². The van der Waals surface area contributed by atoms with Crippen molar-refractivity contribution in [2.24, 2.45) is 28.1 Å². The number of hydrogen-bond donors (Lipinski definition) is 0. The van der Waals surface area contributed by atoms with Gasteiger partial charge in [-0.15, -0.1) is 0 Å². The Kier molecular flexibility index (Phi) is 1.93. The number of carbonyl (C=O) groups excluding carboxylic acids is 1. The Bertz CT molecular complexity index is 558. The predicted octanol–water partition coefficient (Wildman–Crippen LogP) is 3.87. The van der Waals surface area contributed by atoms with Crippen LogP contribution in [0.2, 0.25) is 0 Å². The van der Waals surface area contributed by atoms with Crippen molar-refractivity contribution >= 4 is 5.78 Å². The van der Waals surface area contributed by atoms with E-state index in [2.05, 4.69) is 51.1 Å². The Hall–Kier alpha value is -1.11. The van der Waals surface area contributed by atoms with Crippen molar-refractivity contribution in [3.63, 3.8) is 0 Å². The molecule has 0 aliphatic heterocycles. The van der Waals surface area contributed by atoms with Crippen LogP contribution in [0.15, 0.2) is 30.3 Å². The van der Waals surface area contributed by atoms with Crippen LogP contribution in [0.4, 0.5) is 0 Å². The normalized spacial score (nSPS) is 45.3. The predicted molar refractivity (Wildman–Crippen MR) is 75.7 cm³/mol. The van der Waals surface area contributed by atoms with Gasteiger partial charge in [0, 0.05) is 10.8 Å². The molecule has 4 atom stereocenters. The van der Waals surface area contributed by atoms with Crippen molar-refractivity contribution in [1.29, 1.82) is 0 Å². The average Bonchev–Trinajstić information content (AvgIpc) is 2.87. The highest BCUT2D eigenvalue weighted by Crippen LogP contribution is 2.82. The molecule has 4 fully saturated rings. The Balaban J connectivity index is 1.72. The molecule has 4 aliphatic carbocycles. The molecule has 100 valence electrons. The monoisotopic (exact) mass is 254 g/mol. The molecule has 4 unspecified atom stereocenters. The molecule has 0 amide bonds.